The van der Waals surface area contributed by atoms with E-state index in [2.05, 4.69) is 20.8 Å². The molecule has 0 aliphatic carbocycles. The van der Waals surface area contributed by atoms with E-state index in [4.69, 9.17) is 5.11 Å². The smallest absolute Gasteiger partial charge is 0.224 e. The van der Waals surface area contributed by atoms with Crippen LogP contribution in [0.2, 0.25) is 0 Å². The number of aliphatic hydroxyl groups is 1. The number of nitrogens with one attached hydrogen (secondary N) is 1. The molecule has 1 aromatic carbocycles. The fraction of sp³-hybridized carbons (Fsp3) is 0.333. The first kappa shape index (κ1) is 13.2. The van der Waals surface area contributed by atoms with Gasteiger partial charge in [-0.25, -0.2) is 4.68 Å². The minimum absolute atomic E-state index is 0.0655. The SMILES string of the molecule is CC(CO)NC(=O)Cc1ccc(-n2cnnn2)cc1. The Morgan fingerprint density at radius 3 is 2.74 bits per heavy atom. The zero-order chi connectivity index (χ0) is 13.7. The average Bonchev–Trinajstić information content (AvgIpc) is 2.93. The molecule has 0 saturated carbocycles. The van der Waals surface area contributed by atoms with Gasteiger partial charge in [-0.05, 0) is 35.0 Å². The molecule has 0 radical (unpaired) electrons. The summed E-state index contributed by atoms with van der Waals surface area (Å²) < 4.78 is 1.54. The van der Waals surface area contributed by atoms with Gasteiger partial charge in [0.2, 0.25) is 5.91 Å². The lowest BCUT2D eigenvalue weighted by Crippen LogP contribution is -2.35. The molecule has 0 saturated heterocycles. The Hall–Kier alpha value is -2.28. The molecule has 0 aliphatic rings. The fourth-order valence-electron chi connectivity index (χ4n) is 1.60. The Morgan fingerprint density at radius 2 is 2.16 bits per heavy atom. The van der Waals surface area contributed by atoms with Gasteiger partial charge in [0.1, 0.15) is 6.33 Å². The molecular formula is C12H15N5O2. The van der Waals surface area contributed by atoms with Crippen LogP contribution in [0.5, 0.6) is 0 Å². The fourth-order valence-corrected chi connectivity index (χ4v) is 1.60. The summed E-state index contributed by atoms with van der Waals surface area (Å²) in [5.41, 5.74) is 1.72. The molecule has 0 spiro atoms. The van der Waals surface area contributed by atoms with Gasteiger partial charge in [-0.2, -0.15) is 0 Å². The highest BCUT2D eigenvalue weighted by atomic mass is 16.3. The van der Waals surface area contributed by atoms with E-state index in [9.17, 15) is 4.79 Å². The lowest BCUT2D eigenvalue weighted by Gasteiger charge is -2.10. The van der Waals surface area contributed by atoms with Gasteiger partial charge < -0.3 is 10.4 Å². The first-order valence-electron chi connectivity index (χ1n) is 5.91. The maximum absolute atomic E-state index is 11.6. The van der Waals surface area contributed by atoms with Crippen molar-refractivity contribution in [3.63, 3.8) is 0 Å². The van der Waals surface area contributed by atoms with Crippen LogP contribution >= 0.6 is 0 Å². The van der Waals surface area contributed by atoms with Gasteiger partial charge in [0.25, 0.3) is 0 Å². The van der Waals surface area contributed by atoms with Crippen molar-refractivity contribution in [3.8, 4) is 5.69 Å². The van der Waals surface area contributed by atoms with Crippen LogP contribution in [0, 0.1) is 0 Å². The molecule has 0 bridgehead atoms. The highest BCUT2D eigenvalue weighted by Crippen LogP contribution is 2.08. The van der Waals surface area contributed by atoms with Crippen molar-refractivity contribution >= 4 is 5.91 Å². The summed E-state index contributed by atoms with van der Waals surface area (Å²) in [4.78, 5) is 11.6. The van der Waals surface area contributed by atoms with Crippen LogP contribution in [0.25, 0.3) is 5.69 Å². The van der Waals surface area contributed by atoms with Crippen molar-refractivity contribution in [2.24, 2.45) is 0 Å². The molecule has 2 aromatic rings. The van der Waals surface area contributed by atoms with Gasteiger partial charge in [0, 0.05) is 6.04 Å². The van der Waals surface area contributed by atoms with Gasteiger partial charge in [0.05, 0.1) is 18.7 Å². The molecule has 100 valence electrons. The number of rotatable bonds is 5. The number of carbonyl (C=O) groups is 1. The number of carbonyl (C=O) groups excluding carboxylic acids is 1. The topological polar surface area (TPSA) is 92.9 Å². The first-order valence-corrected chi connectivity index (χ1v) is 5.91. The normalized spacial score (nSPS) is 12.1. The molecule has 1 unspecified atom stereocenters. The quantitative estimate of drug-likeness (QED) is 0.771. The molecule has 19 heavy (non-hydrogen) atoms. The van der Waals surface area contributed by atoms with Crippen LogP contribution in [-0.2, 0) is 11.2 Å². The highest BCUT2D eigenvalue weighted by molar-refractivity contribution is 5.78. The molecule has 0 fully saturated rings. The van der Waals surface area contributed by atoms with Crippen molar-refractivity contribution in [3.05, 3.63) is 36.2 Å². The van der Waals surface area contributed by atoms with Gasteiger partial charge in [-0.15, -0.1) is 5.10 Å². The summed E-state index contributed by atoms with van der Waals surface area (Å²) in [5.74, 6) is -0.114. The largest absolute Gasteiger partial charge is 0.394 e. The van der Waals surface area contributed by atoms with Crippen LogP contribution in [0.1, 0.15) is 12.5 Å². The van der Waals surface area contributed by atoms with E-state index in [0.29, 0.717) is 0 Å². The van der Waals surface area contributed by atoms with E-state index in [0.717, 1.165) is 11.3 Å². The zero-order valence-corrected chi connectivity index (χ0v) is 10.5. The predicted octanol–water partition coefficient (Wildman–Crippen LogP) is -0.298. The van der Waals surface area contributed by atoms with Gasteiger partial charge >= 0.3 is 0 Å². The van der Waals surface area contributed by atoms with Crippen LogP contribution < -0.4 is 5.32 Å². The van der Waals surface area contributed by atoms with Gasteiger partial charge in [0.15, 0.2) is 0 Å². The first-order chi connectivity index (χ1) is 9.19. The van der Waals surface area contributed by atoms with Gasteiger partial charge in [-0.3, -0.25) is 4.79 Å². The third kappa shape index (κ3) is 3.59. The van der Waals surface area contributed by atoms with Crippen LogP contribution in [0.15, 0.2) is 30.6 Å². The molecule has 0 aliphatic heterocycles. The number of hydrogen-bond acceptors (Lipinski definition) is 5. The number of hydrogen-bond donors (Lipinski definition) is 2. The van der Waals surface area contributed by atoms with E-state index in [1.165, 1.54) is 11.0 Å². The van der Waals surface area contributed by atoms with Crippen molar-refractivity contribution in [1.29, 1.82) is 0 Å². The van der Waals surface area contributed by atoms with E-state index < -0.39 is 0 Å². The molecule has 1 heterocycles. The van der Waals surface area contributed by atoms with E-state index >= 15 is 0 Å². The third-order valence-electron chi connectivity index (χ3n) is 2.60. The molecule has 2 N–H and O–H groups in total. The van der Waals surface area contributed by atoms with E-state index in [1.54, 1.807) is 6.92 Å². The summed E-state index contributed by atoms with van der Waals surface area (Å²) in [7, 11) is 0. The molecule has 1 amide bonds. The molecular weight excluding hydrogens is 246 g/mol. The molecule has 7 nitrogen and oxygen atoms in total. The predicted molar refractivity (Wildman–Crippen MR) is 67.5 cm³/mol. The second kappa shape index (κ2) is 6.05. The summed E-state index contributed by atoms with van der Waals surface area (Å²) in [6.07, 6.45) is 1.78. The molecule has 1 aromatic heterocycles. The Kier molecular flexibility index (Phi) is 4.19. The maximum atomic E-state index is 11.6. The molecule has 7 heteroatoms. The third-order valence-corrected chi connectivity index (χ3v) is 2.60. The second-order valence-electron chi connectivity index (χ2n) is 4.25. The van der Waals surface area contributed by atoms with Crippen LogP contribution in [-0.4, -0.2) is 43.9 Å². The van der Waals surface area contributed by atoms with E-state index in [-0.39, 0.29) is 25.0 Å². The van der Waals surface area contributed by atoms with Crippen molar-refractivity contribution in [1.82, 2.24) is 25.5 Å². The lowest BCUT2D eigenvalue weighted by atomic mass is 10.1. The number of tetrazole rings is 1. The summed E-state index contributed by atoms with van der Waals surface area (Å²) in [6, 6.07) is 7.15. The minimum atomic E-state index is -0.229. The van der Waals surface area contributed by atoms with E-state index in [1.807, 2.05) is 24.3 Å². The molecule has 2 rings (SSSR count). The number of amides is 1. The average molecular weight is 261 g/mol. The number of aliphatic hydroxyl groups excluding tert-OH is 1. The minimum Gasteiger partial charge on any atom is -0.394 e. The standard InChI is InChI=1S/C12H15N5O2/c1-9(7-18)14-12(19)6-10-2-4-11(5-3-10)17-8-13-15-16-17/h2-5,8-9,18H,6-7H2,1H3,(H,14,19). The Bertz CT molecular complexity index is 524. The zero-order valence-electron chi connectivity index (χ0n) is 10.5. The Balaban J connectivity index is 1.97. The second-order valence-corrected chi connectivity index (χ2v) is 4.25. The van der Waals surface area contributed by atoms with Crippen molar-refractivity contribution in [2.75, 3.05) is 6.61 Å². The highest BCUT2D eigenvalue weighted by Gasteiger charge is 2.07. The van der Waals surface area contributed by atoms with Crippen molar-refractivity contribution in [2.45, 2.75) is 19.4 Å². The number of aromatic nitrogens is 4. The van der Waals surface area contributed by atoms with Crippen molar-refractivity contribution < 1.29 is 9.90 Å². The number of benzene rings is 1. The summed E-state index contributed by atoms with van der Waals surface area (Å²) in [5, 5.41) is 22.4. The van der Waals surface area contributed by atoms with Gasteiger partial charge in [-0.1, -0.05) is 12.1 Å². The monoisotopic (exact) mass is 261 g/mol. The van der Waals surface area contributed by atoms with Crippen LogP contribution in [0.4, 0.5) is 0 Å². The number of nitrogens with zero attached hydrogens (tertiary/aromatic N) is 4. The maximum Gasteiger partial charge on any atom is 0.224 e. The summed E-state index contributed by atoms with van der Waals surface area (Å²) >= 11 is 0. The molecule has 1 atom stereocenters. The lowest BCUT2D eigenvalue weighted by molar-refractivity contribution is -0.121. The van der Waals surface area contributed by atoms with Crippen LogP contribution in [0.3, 0.4) is 0 Å². The summed E-state index contributed by atoms with van der Waals surface area (Å²) in [6.45, 7) is 1.68. The Morgan fingerprint density at radius 1 is 1.42 bits per heavy atom. The Labute approximate surface area is 110 Å².